The van der Waals surface area contributed by atoms with Crippen molar-refractivity contribution in [3.05, 3.63) is 28.2 Å². The van der Waals surface area contributed by atoms with Crippen LogP contribution in [0.4, 0.5) is 5.69 Å². The fourth-order valence-electron chi connectivity index (χ4n) is 1.38. The van der Waals surface area contributed by atoms with Crippen molar-refractivity contribution < 1.29 is 4.79 Å². The predicted molar refractivity (Wildman–Crippen MR) is 75.2 cm³/mol. The molecular formula is C13H19BrN2O. The van der Waals surface area contributed by atoms with E-state index in [1.807, 2.05) is 25.1 Å². The van der Waals surface area contributed by atoms with Crippen molar-refractivity contribution in [3.63, 3.8) is 0 Å². The molecule has 0 atom stereocenters. The second kappa shape index (κ2) is 6.64. The number of nitrogens with one attached hydrogen (secondary N) is 2. The third-order valence-corrected chi connectivity index (χ3v) is 2.83. The maximum atomic E-state index is 11.5. The minimum atomic E-state index is 0.0287. The Morgan fingerprint density at radius 3 is 2.71 bits per heavy atom. The van der Waals surface area contributed by atoms with Gasteiger partial charge in [-0.3, -0.25) is 4.79 Å². The zero-order chi connectivity index (χ0) is 12.8. The number of benzene rings is 1. The van der Waals surface area contributed by atoms with Crippen LogP contribution in [-0.2, 0) is 4.79 Å². The lowest BCUT2D eigenvalue weighted by molar-refractivity contribution is -0.119. The van der Waals surface area contributed by atoms with E-state index in [1.165, 1.54) is 0 Å². The Labute approximate surface area is 111 Å². The molecule has 0 saturated heterocycles. The second-order valence-corrected chi connectivity index (χ2v) is 5.43. The fraction of sp³-hybridized carbons (Fsp3) is 0.462. The number of carbonyl (C=O) groups is 1. The van der Waals surface area contributed by atoms with Crippen LogP contribution in [0.25, 0.3) is 0 Å². The van der Waals surface area contributed by atoms with Gasteiger partial charge in [-0.1, -0.05) is 29.8 Å². The molecule has 0 aliphatic heterocycles. The highest BCUT2D eigenvalue weighted by Gasteiger charge is 2.03. The molecule has 1 aromatic rings. The zero-order valence-electron chi connectivity index (χ0n) is 10.5. The number of halogens is 1. The van der Waals surface area contributed by atoms with Crippen LogP contribution in [0.2, 0.25) is 0 Å². The summed E-state index contributed by atoms with van der Waals surface area (Å²) in [6.07, 6.45) is 0. The lowest BCUT2D eigenvalue weighted by atomic mass is 10.2. The average Bonchev–Trinajstić information content (AvgIpc) is 2.25. The van der Waals surface area contributed by atoms with Crippen LogP contribution in [0.15, 0.2) is 22.7 Å². The molecule has 0 aromatic heterocycles. The first-order valence-corrected chi connectivity index (χ1v) is 6.55. The van der Waals surface area contributed by atoms with E-state index in [4.69, 9.17) is 0 Å². The lowest BCUT2D eigenvalue weighted by Crippen LogP contribution is -2.32. The van der Waals surface area contributed by atoms with E-state index < -0.39 is 0 Å². The molecule has 17 heavy (non-hydrogen) atoms. The van der Waals surface area contributed by atoms with Gasteiger partial charge in [0.05, 0.1) is 6.54 Å². The van der Waals surface area contributed by atoms with Crippen LogP contribution in [0.3, 0.4) is 0 Å². The van der Waals surface area contributed by atoms with Gasteiger partial charge >= 0.3 is 0 Å². The van der Waals surface area contributed by atoms with Crippen molar-refractivity contribution in [2.24, 2.45) is 5.92 Å². The third-order valence-electron chi connectivity index (χ3n) is 2.34. The molecule has 2 N–H and O–H groups in total. The zero-order valence-corrected chi connectivity index (χ0v) is 12.1. The maximum Gasteiger partial charge on any atom is 0.239 e. The third kappa shape index (κ3) is 5.22. The number of amides is 1. The first-order chi connectivity index (χ1) is 7.99. The molecule has 1 amide bonds. The van der Waals surface area contributed by atoms with Gasteiger partial charge in [-0.2, -0.15) is 0 Å². The Bertz CT molecular complexity index is 391. The summed E-state index contributed by atoms with van der Waals surface area (Å²) in [5.74, 6) is 0.509. The minimum absolute atomic E-state index is 0.0287. The molecule has 1 rings (SSSR count). The predicted octanol–water partition coefficient (Wildman–Crippen LogP) is 2.94. The molecule has 1 aromatic carbocycles. The number of hydrogen-bond donors (Lipinski definition) is 2. The van der Waals surface area contributed by atoms with E-state index in [0.717, 1.165) is 22.3 Å². The second-order valence-electron chi connectivity index (χ2n) is 4.51. The van der Waals surface area contributed by atoms with Crippen LogP contribution >= 0.6 is 15.9 Å². The van der Waals surface area contributed by atoms with Gasteiger partial charge in [0.2, 0.25) is 5.91 Å². The summed E-state index contributed by atoms with van der Waals surface area (Å²) >= 11 is 3.41. The quantitative estimate of drug-likeness (QED) is 0.877. The molecule has 0 saturated carbocycles. The van der Waals surface area contributed by atoms with Crippen molar-refractivity contribution >= 4 is 27.5 Å². The Morgan fingerprint density at radius 1 is 1.41 bits per heavy atom. The van der Waals surface area contributed by atoms with Crippen LogP contribution in [0.1, 0.15) is 19.4 Å². The van der Waals surface area contributed by atoms with E-state index in [1.54, 1.807) is 0 Å². The average molecular weight is 299 g/mol. The number of hydrogen-bond acceptors (Lipinski definition) is 2. The minimum Gasteiger partial charge on any atom is -0.376 e. The summed E-state index contributed by atoms with van der Waals surface area (Å²) < 4.78 is 1.05. The summed E-state index contributed by atoms with van der Waals surface area (Å²) in [6, 6.07) is 5.95. The Balaban J connectivity index is 2.42. The largest absolute Gasteiger partial charge is 0.376 e. The normalized spacial score (nSPS) is 10.4. The molecule has 0 aliphatic rings. The molecule has 0 spiro atoms. The molecule has 0 fully saturated rings. The van der Waals surface area contributed by atoms with Gasteiger partial charge in [-0.05, 0) is 36.6 Å². The molecule has 4 heteroatoms. The van der Waals surface area contributed by atoms with Crippen LogP contribution in [-0.4, -0.2) is 19.0 Å². The number of rotatable bonds is 5. The maximum absolute atomic E-state index is 11.5. The molecule has 3 nitrogen and oxygen atoms in total. The Kier molecular flexibility index (Phi) is 5.48. The lowest BCUT2D eigenvalue weighted by Gasteiger charge is -2.11. The monoisotopic (exact) mass is 298 g/mol. The first kappa shape index (κ1) is 14.0. The molecule has 0 radical (unpaired) electrons. The van der Waals surface area contributed by atoms with Crippen LogP contribution in [0.5, 0.6) is 0 Å². The topological polar surface area (TPSA) is 41.1 Å². The highest BCUT2D eigenvalue weighted by Crippen LogP contribution is 2.19. The first-order valence-electron chi connectivity index (χ1n) is 5.75. The van der Waals surface area contributed by atoms with E-state index in [-0.39, 0.29) is 5.91 Å². The SMILES string of the molecule is Cc1cc(Br)ccc1NCC(=O)NCC(C)C. The van der Waals surface area contributed by atoms with Crippen LogP contribution < -0.4 is 10.6 Å². The summed E-state index contributed by atoms with van der Waals surface area (Å²) in [7, 11) is 0. The molecule has 94 valence electrons. The summed E-state index contributed by atoms with van der Waals surface area (Å²) in [5.41, 5.74) is 2.11. The van der Waals surface area contributed by atoms with Crippen molar-refractivity contribution in [3.8, 4) is 0 Å². The summed E-state index contributed by atoms with van der Waals surface area (Å²) in [6.45, 7) is 7.20. The van der Waals surface area contributed by atoms with E-state index in [0.29, 0.717) is 12.5 Å². The molecule has 0 unspecified atom stereocenters. The fourth-order valence-corrected chi connectivity index (χ4v) is 1.86. The smallest absolute Gasteiger partial charge is 0.239 e. The standard InChI is InChI=1S/C13H19BrN2O/c1-9(2)7-16-13(17)8-15-12-5-4-11(14)6-10(12)3/h4-6,9,15H,7-8H2,1-3H3,(H,16,17). The Morgan fingerprint density at radius 2 is 2.12 bits per heavy atom. The van der Waals surface area contributed by atoms with Crippen molar-refractivity contribution in [1.82, 2.24) is 5.32 Å². The molecular weight excluding hydrogens is 280 g/mol. The van der Waals surface area contributed by atoms with E-state index >= 15 is 0 Å². The summed E-state index contributed by atoms with van der Waals surface area (Å²) in [4.78, 5) is 11.5. The number of carbonyl (C=O) groups excluding carboxylic acids is 1. The van der Waals surface area contributed by atoms with E-state index in [2.05, 4.69) is 40.4 Å². The van der Waals surface area contributed by atoms with Gasteiger partial charge < -0.3 is 10.6 Å². The molecule has 0 heterocycles. The molecule has 0 aliphatic carbocycles. The van der Waals surface area contributed by atoms with Crippen molar-refractivity contribution in [2.75, 3.05) is 18.4 Å². The van der Waals surface area contributed by atoms with Gasteiger partial charge in [0, 0.05) is 16.7 Å². The molecule has 0 bridgehead atoms. The van der Waals surface area contributed by atoms with Crippen molar-refractivity contribution in [1.29, 1.82) is 0 Å². The highest BCUT2D eigenvalue weighted by molar-refractivity contribution is 9.10. The van der Waals surface area contributed by atoms with Gasteiger partial charge in [-0.25, -0.2) is 0 Å². The van der Waals surface area contributed by atoms with Gasteiger partial charge in [0.25, 0.3) is 0 Å². The number of aryl methyl sites for hydroxylation is 1. The van der Waals surface area contributed by atoms with Crippen molar-refractivity contribution in [2.45, 2.75) is 20.8 Å². The van der Waals surface area contributed by atoms with Gasteiger partial charge in [0.1, 0.15) is 0 Å². The Hall–Kier alpha value is -1.03. The van der Waals surface area contributed by atoms with Gasteiger partial charge in [0.15, 0.2) is 0 Å². The van der Waals surface area contributed by atoms with Gasteiger partial charge in [-0.15, -0.1) is 0 Å². The summed E-state index contributed by atoms with van der Waals surface area (Å²) in [5, 5.41) is 6.00. The highest BCUT2D eigenvalue weighted by atomic mass is 79.9. The van der Waals surface area contributed by atoms with Crippen LogP contribution in [0, 0.1) is 12.8 Å². The van der Waals surface area contributed by atoms with E-state index in [9.17, 15) is 4.79 Å². The number of anilines is 1.